The van der Waals surface area contributed by atoms with E-state index in [1.807, 2.05) is 13.0 Å². The normalized spacial score (nSPS) is 45.6. The molecule has 0 spiro atoms. The predicted octanol–water partition coefficient (Wildman–Crippen LogP) is 4.93. The largest absolute Gasteiger partial charge is 0.490 e. The highest BCUT2D eigenvalue weighted by molar-refractivity contribution is 5.38. The molecule has 0 radical (unpaired) electrons. The third-order valence-electron chi connectivity index (χ3n) is 9.45. The molecular formula is C24H30F2O2. The van der Waals surface area contributed by atoms with Crippen LogP contribution < -0.4 is 4.74 Å². The van der Waals surface area contributed by atoms with Crippen LogP contribution in [0.3, 0.4) is 0 Å². The molecule has 7 saturated carbocycles. The highest BCUT2D eigenvalue weighted by Crippen LogP contribution is 2.74. The summed E-state index contributed by atoms with van der Waals surface area (Å²) in [4.78, 5) is 0. The zero-order valence-electron chi connectivity index (χ0n) is 16.5. The summed E-state index contributed by atoms with van der Waals surface area (Å²) in [5, 5.41) is 9.12. The molecule has 0 heterocycles. The maximum absolute atomic E-state index is 15.3. The van der Waals surface area contributed by atoms with Crippen molar-refractivity contribution in [3.05, 3.63) is 29.3 Å². The van der Waals surface area contributed by atoms with Crippen molar-refractivity contribution in [1.29, 1.82) is 0 Å². The van der Waals surface area contributed by atoms with Crippen molar-refractivity contribution in [3.63, 3.8) is 0 Å². The second-order valence-electron chi connectivity index (χ2n) is 10.8. The van der Waals surface area contributed by atoms with Crippen LogP contribution in [0, 0.1) is 59.0 Å². The molecule has 1 aromatic carbocycles. The number of hydrogen-bond donors (Lipinski definition) is 1. The molecule has 1 atom stereocenters. The summed E-state index contributed by atoms with van der Waals surface area (Å²) < 4.78 is 35.6. The molecule has 2 nitrogen and oxygen atoms in total. The van der Waals surface area contributed by atoms with Crippen molar-refractivity contribution in [3.8, 4) is 5.75 Å². The van der Waals surface area contributed by atoms with Gasteiger partial charge in [-0.1, -0.05) is 13.0 Å². The van der Waals surface area contributed by atoms with Gasteiger partial charge in [0.1, 0.15) is 0 Å². The van der Waals surface area contributed by atoms with E-state index in [9.17, 15) is 4.39 Å². The van der Waals surface area contributed by atoms with Gasteiger partial charge in [-0.3, -0.25) is 0 Å². The molecular weight excluding hydrogens is 358 g/mol. The van der Waals surface area contributed by atoms with Gasteiger partial charge in [0.05, 0.1) is 6.61 Å². The summed E-state index contributed by atoms with van der Waals surface area (Å²) >= 11 is 0. The molecule has 28 heavy (non-hydrogen) atoms. The zero-order valence-corrected chi connectivity index (χ0v) is 16.5. The number of rotatable bonds is 5. The van der Waals surface area contributed by atoms with Gasteiger partial charge in [-0.05, 0) is 97.0 Å². The fraction of sp³-hybridized carbons (Fsp3) is 0.750. The Bertz CT molecular complexity index is 746. The van der Waals surface area contributed by atoms with Gasteiger partial charge in [-0.15, -0.1) is 0 Å². The molecule has 0 aromatic heterocycles. The van der Waals surface area contributed by atoms with Crippen LogP contribution in [0.15, 0.2) is 12.1 Å². The van der Waals surface area contributed by atoms with E-state index in [4.69, 9.17) is 9.84 Å². The lowest BCUT2D eigenvalue weighted by Crippen LogP contribution is -2.66. The summed E-state index contributed by atoms with van der Waals surface area (Å²) in [6.45, 7) is 1.98. The summed E-state index contributed by atoms with van der Waals surface area (Å²) in [5.41, 5.74) is 0.454. The van der Waals surface area contributed by atoms with E-state index < -0.39 is 11.6 Å². The lowest BCUT2D eigenvalue weighted by atomic mass is 9.32. The van der Waals surface area contributed by atoms with Crippen LogP contribution in [-0.4, -0.2) is 18.3 Å². The van der Waals surface area contributed by atoms with E-state index in [1.165, 1.54) is 19.3 Å². The smallest absolute Gasteiger partial charge is 0.200 e. The molecule has 1 aromatic rings. The molecule has 0 unspecified atom stereocenters. The number of hydrogen-bond acceptors (Lipinski definition) is 2. The highest BCUT2D eigenvalue weighted by atomic mass is 19.2. The SMILES string of the molecule is C[C@@H](CO)COc1ccc(C23CC4C5CC6CC4C(C2)C(C6)C5C3)c(F)c1F. The first-order valence-electron chi connectivity index (χ1n) is 11.2. The molecule has 4 heteroatoms. The number of aliphatic hydroxyl groups is 1. The molecule has 0 amide bonds. The second-order valence-corrected chi connectivity index (χ2v) is 10.8. The minimum Gasteiger partial charge on any atom is -0.490 e. The first-order chi connectivity index (χ1) is 13.5. The van der Waals surface area contributed by atoms with E-state index in [0.717, 1.165) is 60.7 Å². The van der Waals surface area contributed by atoms with Crippen molar-refractivity contribution >= 4 is 0 Å². The second kappa shape index (κ2) is 5.93. The molecule has 7 aliphatic rings. The maximum atomic E-state index is 15.3. The summed E-state index contributed by atoms with van der Waals surface area (Å²) in [5.74, 6) is 4.13. The first kappa shape index (κ1) is 17.7. The monoisotopic (exact) mass is 388 g/mol. The maximum Gasteiger partial charge on any atom is 0.200 e. The van der Waals surface area contributed by atoms with Crippen molar-refractivity contribution in [2.75, 3.05) is 13.2 Å². The van der Waals surface area contributed by atoms with Gasteiger partial charge in [0.15, 0.2) is 11.6 Å². The van der Waals surface area contributed by atoms with Gasteiger partial charge in [-0.2, -0.15) is 4.39 Å². The van der Waals surface area contributed by atoms with Crippen molar-refractivity contribution in [2.45, 2.75) is 50.9 Å². The van der Waals surface area contributed by atoms with Crippen molar-refractivity contribution < 1.29 is 18.6 Å². The van der Waals surface area contributed by atoms with Crippen LogP contribution in [0.5, 0.6) is 5.75 Å². The summed E-state index contributed by atoms with van der Waals surface area (Å²) in [6.07, 6.45) is 7.39. The minimum atomic E-state index is -0.845. The molecule has 152 valence electrons. The van der Waals surface area contributed by atoms with E-state index in [2.05, 4.69) is 0 Å². The molecule has 0 aliphatic heterocycles. The average Bonchev–Trinajstić information content (AvgIpc) is 2.71. The Labute approximate surface area is 165 Å². The number of aliphatic hydroxyl groups excluding tert-OH is 1. The van der Waals surface area contributed by atoms with Crippen molar-refractivity contribution in [1.82, 2.24) is 0 Å². The highest BCUT2D eigenvalue weighted by Gasteiger charge is 2.67. The first-order valence-corrected chi connectivity index (χ1v) is 11.2. The van der Waals surface area contributed by atoms with E-state index in [0.29, 0.717) is 5.56 Å². The number of ether oxygens (including phenoxy) is 1. The molecule has 7 aliphatic carbocycles. The van der Waals surface area contributed by atoms with Crippen LogP contribution >= 0.6 is 0 Å². The summed E-state index contributed by atoms with van der Waals surface area (Å²) in [6, 6.07) is 3.43. The Kier molecular flexibility index (Phi) is 3.75. The molecule has 1 N–H and O–H groups in total. The van der Waals surface area contributed by atoms with Crippen LogP contribution in [0.2, 0.25) is 0 Å². The molecule has 7 fully saturated rings. The minimum absolute atomic E-state index is 0.0232. The van der Waals surface area contributed by atoms with Crippen LogP contribution in [0.25, 0.3) is 0 Å². The summed E-state index contributed by atoms with van der Waals surface area (Å²) in [7, 11) is 0. The Morgan fingerprint density at radius 1 is 0.964 bits per heavy atom. The molecule has 0 saturated heterocycles. The van der Waals surface area contributed by atoms with Crippen LogP contribution in [0.4, 0.5) is 8.78 Å². The standard InChI is InChI=1S/C24H30F2O2/c1-12(10-27)11-28-21-3-2-20(22(25)23(21)26)24-7-17-14-4-13-5-15(17)19(9-24)16(6-13)18(14)8-24/h2-3,12-19,27H,4-11H2,1H3/t12-,13?,14?,15?,16?,17?,18?,19?,24?/m0/s1. The van der Waals surface area contributed by atoms with E-state index >= 15 is 4.39 Å². The number of halogens is 2. The van der Waals surface area contributed by atoms with E-state index in [1.54, 1.807) is 6.07 Å². The third kappa shape index (κ3) is 2.21. The zero-order chi connectivity index (χ0) is 19.2. The topological polar surface area (TPSA) is 29.5 Å². The lowest BCUT2D eigenvalue weighted by molar-refractivity contribution is -0.212. The van der Waals surface area contributed by atoms with Crippen molar-refractivity contribution in [2.24, 2.45) is 47.3 Å². The Morgan fingerprint density at radius 3 is 2.07 bits per heavy atom. The Morgan fingerprint density at radius 2 is 1.54 bits per heavy atom. The van der Waals surface area contributed by atoms with Gasteiger partial charge >= 0.3 is 0 Å². The molecule has 8 bridgehead atoms. The van der Waals surface area contributed by atoms with Gasteiger partial charge < -0.3 is 9.84 Å². The third-order valence-corrected chi connectivity index (χ3v) is 9.45. The predicted molar refractivity (Wildman–Crippen MR) is 102 cm³/mol. The van der Waals surface area contributed by atoms with Crippen LogP contribution in [-0.2, 0) is 5.41 Å². The van der Waals surface area contributed by atoms with Gasteiger partial charge in [0, 0.05) is 12.5 Å². The average molecular weight is 388 g/mol. The van der Waals surface area contributed by atoms with Crippen LogP contribution in [0.1, 0.15) is 51.0 Å². The van der Waals surface area contributed by atoms with Gasteiger partial charge in [0.25, 0.3) is 0 Å². The Hall–Kier alpha value is -1.16. The van der Waals surface area contributed by atoms with E-state index in [-0.39, 0.29) is 30.3 Å². The quantitative estimate of drug-likeness (QED) is 0.775. The number of benzene rings is 1. The fourth-order valence-electron chi connectivity index (χ4n) is 8.58. The van der Waals surface area contributed by atoms with Gasteiger partial charge in [-0.25, -0.2) is 4.39 Å². The fourth-order valence-corrected chi connectivity index (χ4v) is 8.58. The Balaban J connectivity index is 1.33. The molecule has 8 rings (SSSR count). The lowest BCUT2D eigenvalue weighted by Gasteiger charge is -2.72. The van der Waals surface area contributed by atoms with Gasteiger partial charge in [0.2, 0.25) is 5.82 Å².